The second-order valence-corrected chi connectivity index (χ2v) is 7.51. The first-order chi connectivity index (χ1) is 11.6. The Morgan fingerprint density at radius 2 is 1.83 bits per heavy atom. The van der Waals surface area contributed by atoms with Crippen LogP contribution in [0.2, 0.25) is 0 Å². The van der Waals surface area contributed by atoms with Gasteiger partial charge in [-0.3, -0.25) is 4.79 Å². The van der Waals surface area contributed by atoms with Gasteiger partial charge in [0.15, 0.2) is 0 Å². The average molecular weight is 352 g/mol. The van der Waals surface area contributed by atoms with Crippen molar-refractivity contribution in [1.82, 2.24) is 0 Å². The molecule has 1 aliphatic carbocycles. The molecule has 1 N–H and O–H groups in total. The van der Waals surface area contributed by atoms with Gasteiger partial charge >= 0.3 is 5.97 Å². The highest BCUT2D eigenvalue weighted by Crippen LogP contribution is 2.38. The molecule has 0 fully saturated rings. The predicted molar refractivity (Wildman–Crippen MR) is 98.9 cm³/mol. The van der Waals surface area contributed by atoms with E-state index in [0.29, 0.717) is 17.2 Å². The first kappa shape index (κ1) is 19.0. The van der Waals surface area contributed by atoms with Gasteiger partial charge in [0.25, 0.3) is 0 Å². The summed E-state index contributed by atoms with van der Waals surface area (Å²) in [5.74, 6) is -0.275. The van der Waals surface area contributed by atoms with Crippen molar-refractivity contribution in [1.29, 1.82) is 0 Å². The number of hydrogen-bond donors (Lipinski definition) is 1. The van der Waals surface area contributed by atoms with E-state index in [1.165, 1.54) is 11.3 Å². The van der Waals surface area contributed by atoms with Gasteiger partial charge in [-0.05, 0) is 50.5 Å². The summed E-state index contributed by atoms with van der Waals surface area (Å²) >= 11 is 1.57. The Bertz CT molecular complexity index is 575. The van der Waals surface area contributed by atoms with Crippen molar-refractivity contribution in [2.75, 3.05) is 11.9 Å². The molecule has 1 aliphatic rings. The van der Waals surface area contributed by atoms with Crippen molar-refractivity contribution in [3.05, 3.63) is 16.0 Å². The molecule has 0 saturated carbocycles. The number of esters is 1. The van der Waals surface area contributed by atoms with E-state index in [0.717, 1.165) is 50.5 Å². The molecule has 0 aromatic carbocycles. The standard InChI is InChI=1S/C19H29NO3S/c1-4-12-23-19(22)16-14-10-8-7-9-11-15(14)24-18(16)20-17(21)13(5-2)6-3/h13H,4-12H2,1-3H3,(H,20,21). The number of anilines is 1. The van der Waals surface area contributed by atoms with Crippen molar-refractivity contribution < 1.29 is 14.3 Å². The maximum atomic E-state index is 12.6. The van der Waals surface area contributed by atoms with Gasteiger partial charge in [0.1, 0.15) is 5.00 Å². The van der Waals surface area contributed by atoms with Crippen molar-refractivity contribution in [3.63, 3.8) is 0 Å². The fourth-order valence-corrected chi connectivity index (χ4v) is 4.47. The Morgan fingerprint density at radius 1 is 1.12 bits per heavy atom. The van der Waals surface area contributed by atoms with Crippen LogP contribution in [-0.2, 0) is 22.4 Å². The Balaban J connectivity index is 2.31. The molecule has 24 heavy (non-hydrogen) atoms. The first-order valence-electron chi connectivity index (χ1n) is 9.24. The number of amides is 1. The largest absolute Gasteiger partial charge is 0.462 e. The van der Waals surface area contributed by atoms with E-state index in [4.69, 9.17) is 4.74 Å². The monoisotopic (exact) mass is 351 g/mol. The van der Waals surface area contributed by atoms with Gasteiger partial charge in [0.2, 0.25) is 5.91 Å². The molecule has 4 nitrogen and oxygen atoms in total. The molecule has 0 saturated heterocycles. The van der Waals surface area contributed by atoms with E-state index < -0.39 is 0 Å². The molecule has 0 unspecified atom stereocenters. The average Bonchev–Trinajstić information content (AvgIpc) is 2.75. The van der Waals surface area contributed by atoms with E-state index in [9.17, 15) is 9.59 Å². The van der Waals surface area contributed by atoms with Crippen LogP contribution < -0.4 is 5.32 Å². The second kappa shape index (κ2) is 9.21. The highest BCUT2D eigenvalue weighted by atomic mass is 32.1. The lowest BCUT2D eigenvalue weighted by molar-refractivity contribution is -0.120. The summed E-state index contributed by atoms with van der Waals surface area (Å²) in [6, 6.07) is 0. The molecule has 1 amide bonds. The van der Waals surface area contributed by atoms with Crippen LogP contribution in [0.1, 0.15) is 80.1 Å². The van der Waals surface area contributed by atoms with Gasteiger partial charge in [0.05, 0.1) is 12.2 Å². The molecule has 0 spiro atoms. The van der Waals surface area contributed by atoms with Crippen molar-refractivity contribution in [2.24, 2.45) is 5.92 Å². The zero-order valence-electron chi connectivity index (χ0n) is 15.1. The first-order valence-corrected chi connectivity index (χ1v) is 10.1. The van der Waals surface area contributed by atoms with E-state index >= 15 is 0 Å². The summed E-state index contributed by atoms with van der Waals surface area (Å²) in [5.41, 5.74) is 1.73. The Kier molecular flexibility index (Phi) is 7.28. The number of fused-ring (bicyclic) bond motifs is 1. The van der Waals surface area contributed by atoms with Crippen LogP contribution in [0.25, 0.3) is 0 Å². The molecule has 0 atom stereocenters. The zero-order chi connectivity index (χ0) is 17.5. The predicted octanol–water partition coefficient (Wildman–Crippen LogP) is 4.96. The highest BCUT2D eigenvalue weighted by Gasteiger charge is 2.27. The lowest BCUT2D eigenvalue weighted by Gasteiger charge is -2.13. The number of hydrogen-bond acceptors (Lipinski definition) is 4. The number of ether oxygens (including phenoxy) is 1. The quantitative estimate of drug-likeness (QED) is 0.558. The summed E-state index contributed by atoms with van der Waals surface area (Å²) in [6.07, 6.45) is 7.76. The maximum absolute atomic E-state index is 12.6. The number of thiophene rings is 1. The molecule has 0 aliphatic heterocycles. The van der Waals surface area contributed by atoms with E-state index in [-0.39, 0.29) is 17.8 Å². The highest BCUT2D eigenvalue weighted by molar-refractivity contribution is 7.17. The second-order valence-electron chi connectivity index (χ2n) is 6.41. The third kappa shape index (κ3) is 4.38. The van der Waals surface area contributed by atoms with Crippen LogP contribution in [0.4, 0.5) is 5.00 Å². The fraction of sp³-hybridized carbons (Fsp3) is 0.684. The third-order valence-corrected chi connectivity index (χ3v) is 5.86. The van der Waals surface area contributed by atoms with Crippen molar-refractivity contribution in [3.8, 4) is 0 Å². The van der Waals surface area contributed by atoms with Gasteiger partial charge in [0, 0.05) is 10.8 Å². The summed E-state index contributed by atoms with van der Waals surface area (Å²) in [6.45, 7) is 6.45. The van der Waals surface area contributed by atoms with Gasteiger partial charge in [-0.25, -0.2) is 4.79 Å². The van der Waals surface area contributed by atoms with Crippen molar-refractivity contribution in [2.45, 2.75) is 72.1 Å². The Hall–Kier alpha value is -1.36. The normalized spacial score (nSPS) is 14.2. The van der Waals surface area contributed by atoms with E-state index in [2.05, 4.69) is 5.32 Å². The lowest BCUT2D eigenvalue weighted by atomic mass is 10.0. The Labute approximate surface area is 149 Å². The molecule has 2 rings (SSSR count). The minimum absolute atomic E-state index is 0.00795. The summed E-state index contributed by atoms with van der Waals surface area (Å²) in [5, 5.41) is 3.72. The molecular formula is C19H29NO3S. The van der Waals surface area contributed by atoms with Crippen LogP contribution in [0.15, 0.2) is 0 Å². The molecule has 134 valence electrons. The van der Waals surface area contributed by atoms with E-state index in [1.54, 1.807) is 11.3 Å². The zero-order valence-corrected chi connectivity index (χ0v) is 15.9. The third-order valence-electron chi connectivity index (χ3n) is 4.66. The Morgan fingerprint density at radius 3 is 2.50 bits per heavy atom. The number of nitrogens with one attached hydrogen (secondary N) is 1. The number of carbonyl (C=O) groups excluding carboxylic acids is 2. The minimum Gasteiger partial charge on any atom is -0.462 e. The van der Waals surface area contributed by atoms with Gasteiger partial charge in [-0.15, -0.1) is 11.3 Å². The summed E-state index contributed by atoms with van der Waals surface area (Å²) < 4.78 is 5.39. The molecule has 0 bridgehead atoms. The molecule has 1 aromatic rings. The van der Waals surface area contributed by atoms with Crippen LogP contribution in [0, 0.1) is 5.92 Å². The van der Waals surface area contributed by atoms with Gasteiger partial charge in [-0.1, -0.05) is 27.2 Å². The molecular weight excluding hydrogens is 322 g/mol. The molecule has 0 radical (unpaired) electrons. The molecule has 5 heteroatoms. The van der Waals surface area contributed by atoms with Gasteiger partial charge < -0.3 is 10.1 Å². The summed E-state index contributed by atoms with van der Waals surface area (Å²) in [4.78, 5) is 26.3. The van der Waals surface area contributed by atoms with Crippen LogP contribution >= 0.6 is 11.3 Å². The SMILES string of the molecule is CCCOC(=O)c1c(NC(=O)C(CC)CC)sc2c1CCCCC2. The topological polar surface area (TPSA) is 55.4 Å². The lowest BCUT2D eigenvalue weighted by Crippen LogP contribution is -2.22. The van der Waals surface area contributed by atoms with Crippen LogP contribution in [0.5, 0.6) is 0 Å². The smallest absolute Gasteiger partial charge is 0.341 e. The van der Waals surface area contributed by atoms with Crippen molar-refractivity contribution >= 4 is 28.2 Å². The minimum atomic E-state index is -0.281. The summed E-state index contributed by atoms with van der Waals surface area (Å²) in [7, 11) is 0. The van der Waals surface area contributed by atoms with Gasteiger partial charge in [-0.2, -0.15) is 0 Å². The molecule has 1 heterocycles. The van der Waals surface area contributed by atoms with E-state index in [1.807, 2.05) is 20.8 Å². The number of rotatable bonds is 7. The fourth-order valence-electron chi connectivity index (χ4n) is 3.19. The maximum Gasteiger partial charge on any atom is 0.341 e. The molecule has 1 aromatic heterocycles. The van der Waals surface area contributed by atoms with Crippen LogP contribution in [-0.4, -0.2) is 18.5 Å². The van der Waals surface area contributed by atoms with Crippen LogP contribution in [0.3, 0.4) is 0 Å². The number of carbonyl (C=O) groups is 2. The number of aryl methyl sites for hydroxylation is 1.